The number of guanidine groups is 1. The van der Waals surface area contributed by atoms with Gasteiger partial charge < -0.3 is 10.6 Å². The minimum Gasteiger partial charge on any atom is -0.356 e. The molecule has 1 atom stereocenters. The van der Waals surface area contributed by atoms with E-state index < -0.39 is 10.0 Å². The van der Waals surface area contributed by atoms with Gasteiger partial charge in [-0.15, -0.1) is 0 Å². The van der Waals surface area contributed by atoms with Crippen LogP contribution in [0, 0.1) is 5.92 Å². The van der Waals surface area contributed by atoms with Gasteiger partial charge in [-0.2, -0.15) is 0 Å². The minimum absolute atomic E-state index is 0.498. The van der Waals surface area contributed by atoms with Crippen LogP contribution in [-0.2, 0) is 10.0 Å². The Morgan fingerprint density at radius 1 is 1.12 bits per heavy atom. The van der Waals surface area contributed by atoms with E-state index in [0.29, 0.717) is 19.0 Å². The maximum absolute atomic E-state index is 11.6. The summed E-state index contributed by atoms with van der Waals surface area (Å²) in [4.78, 5) is 6.92. The molecule has 7 nitrogen and oxygen atoms in total. The van der Waals surface area contributed by atoms with Crippen LogP contribution in [0.4, 0.5) is 0 Å². The minimum atomic E-state index is -3.04. The van der Waals surface area contributed by atoms with Gasteiger partial charge in [0, 0.05) is 45.8 Å². The second-order valence-electron chi connectivity index (χ2n) is 7.58. The smallest absolute Gasteiger partial charge is 0.211 e. The topological polar surface area (TPSA) is 77.0 Å². The van der Waals surface area contributed by atoms with Crippen LogP contribution in [0.2, 0.25) is 0 Å². The lowest BCUT2D eigenvalue weighted by Crippen LogP contribution is -2.47. The van der Waals surface area contributed by atoms with Gasteiger partial charge in [-0.25, -0.2) is 12.7 Å². The Balaban J connectivity index is 1.65. The van der Waals surface area contributed by atoms with Crippen LogP contribution >= 0.6 is 0 Å². The van der Waals surface area contributed by atoms with Crippen molar-refractivity contribution in [3.63, 3.8) is 0 Å². The maximum atomic E-state index is 11.6. The van der Waals surface area contributed by atoms with Crippen LogP contribution in [0.5, 0.6) is 0 Å². The molecule has 0 radical (unpaired) electrons. The molecule has 2 aliphatic heterocycles. The molecule has 0 aromatic heterocycles. The van der Waals surface area contributed by atoms with Crippen LogP contribution in [0.25, 0.3) is 0 Å². The first kappa shape index (κ1) is 21.4. The van der Waals surface area contributed by atoms with E-state index in [1.54, 1.807) is 11.4 Å². The molecule has 0 spiro atoms. The second kappa shape index (κ2) is 10.5. The van der Waals surface area contributed by atoms with Crippen LogP contribution < -0.4 is 10.6 Å². The zero-order valence-corrected chi connectivity index (χ0v) is 17.5. The van der Waals surface area contributed by atoms with Crippen molar-refractivity contribution in [1.29, 1.82) is 0 Å². The Bertz CT molecular complexity index is 544. The quantitative estimate of drug-likeness (QED) is 0.505. The molecule has 1 unspecified atom stereocenters. The van der Waals surface area contributed by atoms with Crippen molar-refractivity contribution < 1.29 is 8.42 Å². The fraction of sp³-hybridized carbons (Fsp3) is 0.944. The molecule has 0 saturated carbocycles. The third-order valence-electron chi connectivity index (χ3n) is 5.74. The highest BCUT2D eigenvalue weighted by atomic mass is 32.2. The first-order valence-electron chi connectivity index (χ1n) is 10.1. The zero-order chi connectivity index (χ0) is 19.0. The third-order valence-corrected chi connectivity index (χ3v) is 7.04. The van der Waals surface area contributed by atoms with E-state index >= 15 is 0 Å². The first-order valence-corrected chi connectivity index (χ1v) is 11.9. The number of piperidine rings is 2. The Kier molecular flexibility index (Phi) is 8.63. The predicted molar refractivity (Wildman–Crippen MR) is 108 cm³/mol. The van der Waals surface area contributed by atoms with Crippen molar-refractivity contribution in [3.05, 3.63) is 0 Å². The highest BCUT2D eigenvalue weighted by Crippen LogP contribution is 2.19. The van der Waals surface area contributed by atoms with Crippen LogP contribution in [0.15, 0.2) is 4.99 Å². The van der Waals surface area contributed by atoms with Gasteiger partial charge in [0.1, 0.15) is 0 Å². The SMILES string of the molecule is CCC1CCCCN1CCNC(=NC)NCC1CCN(S(C)(=O)=O)CC1. The molecular formula is C18H37N5O2S. The van der Waals surface area contributed by atoms with Crippen molar-refractivity contribution in [1.82, 2.24) is 19.8 Å². The van der Waals surface area contributed by atoms with Crippen molar-refractivity contribution in [2.75, 3.05) is 52.6 Å². The fourth-order valence-corrected chi connectivity index (χ4v) is 4.92. The van der Waals surface area contributed by atoms with Crippen LogP contribution in [-0.4, -0.2) is 82.2 Å². The van der Waals surface area contributed by atoms with Crippen molar-refractivity contribution >= 4 is 16.0 Å². The maximum Gasteiger partial charge on any atom is 0.211 e. The molecule has 8 heteroatoms. The Labute approximate surface area is 159 Å². The number of likely N-dealkylation sites (tertiary alicyclic amines) is 1. The number of nitrogens with zero attached hydrogens (tertiary/aromatic N) is 3. The van der Waals surface area contributed by atoms with Gasteiger partial charge in [0.2, 0.25) is 10.0 Å². The number of aliphatic imine (C=N–C) groups is 1. The Morgan fingerprint density at radius 2 is 1.85 bits per heavy atom. The summed E-state index contributed by atoms with van der Waals surface area (Å²) < 4.78 is 24.7. The lowest BCUT2D eigenvalue weighted by molar-refractivity contribution is 0.147. The second-order valence-corrected chi connectivity index (χ2v) is 9.56. The molecule has 2 fully saturated rings. The molecule has 2 heterocycles. The summed E-state index contributed by atoms with van der Waals surface area (Å²) in [6.07, 6.45) is 8.35. The lowest BCUT2D eigenvalue weighted by atomic mass is 9.98. The van der Waals surface area contributed by atoms with Crippen molar-refractivity contribution in [2.45, 2.75) is 51.5 Å². The normalized spacial score (nSPS) is 24.6. The summed E-state index contributed by atoms with van der Waals surface area (Å²) in [6.45, 7) is 7.57. The number of hydrogen-bond acceptors (Lipinski definition) is 4. The number of sulfonamides is 1. The Hall–Kier alpha value is -0.860. The third kappa shape index (κ3) is 6.70. The summed E-state index contributed by atoms with van der Waals surface area (Å²) >= 11 is 0. The monoisotopic (exact) mass is 387 g/mol. The van der Waals surface area contributed by atoms with E-state index in [2.05, 4.69) is 27.4 Å². The molecule has 2 rings (SSSR count). The standard InChI is InChI=1S/C18H37N5O2S/c1-4-17-7-5-6-11-22(17)14-10-20-18(19-2)21-15-16-8-12-23(13-9-16)26(3,24)25/h16-17H,4-15H2,1-3H3,(H2,19,20,21). The molecule has 26 heavy (non-hydrogen) atoms. The van der Waals surface area contributed by atoms with E-state index in [9.17, 15) is 8.42 Å². The van der Waals surface area contributed by atoms with Gasteiger partial charge >= 0.3 is 0 Å². The molecule has 0 aromatic carbocycles. The van der Waals surface area contributed by atoms with E-state index in [-0.39, 0.29) is 0 Å². The van der Waals surface area contributed by atoms with Gasteiger partial charge in [0.05, 0.1) is 6.26 Å². The largest absolute Gasteiger partial charge is 0.356 e. The van der Waals surface area contributed by atoms with Crippen LogP contribution in [0.3, 0.4) is 0 Å². The molecule has 0 amide bonds. The number of hydrogen-bond donors (Lipinski definition) is 2. The summed E-state index contributed by atoms with van der Waals surface area (Å²) in [5.74, 6) is 1.35. The van der Waals surface area contributed by atoms with Crippen molar-refractivity contribution in [3.8, 4) is 0 Å². The summed E-state index contributed by atoms with van der Waals surface area (Å²) in [7, 11) is -1.24. The van der Waals surface area contributed by atoms with E-state index in [1.807, 2.05) is 0 Å². The fourth-order valence-electron chi connectivity index (χ4n) is 4.04. The molecule has 0 bridgehead atoms. The van der Waals surface area contributed by atoms with Gasteiger partial charge in [0.15, 0.2) is 5.96 Å². The van der Waals surface area contributed by atoms with E-state index in [0.717, 1.165) is 44.5 Å². The lowest BCUT2D eigenvalue weighted by Gasteiger charge is -2.35. The molecule has 2 aliphatic rings. The average Bonchev–Trinajstić information content (AvgIpc) is 2.64. The number of nitrogens with one attached hydrogen (secondary N) is 2. The average molecular weight is 388 g/mol. The first-order chi connectivity index (χ1) is 12.4. The predicted octanol–water partition coefficient (Wildman–Crippen LogP) is 1.09. The molecule has 2 N–H and O–H groups in total. The van der Waals surface area contributed by atoms with Gasteiger partial charge in [0.25, 0.3) is 0 Å². The highest BCUT2D eigenvalue weighted by Gasteiger charge is 2.25. The molecular weight excluding hydrogens is 350 g/mol. The number of rotatable bonds is 7. The summed E-state index contributed by atoms with van der Waals surface area (Å²) in [5, 5.41) is 6.83. The Morgan fingerprint density at radius 3 is 2.46 bits per heavy atom. The molecule has 0 aromatic rings. The molecule has 152 valence electrons. The van der Waals surface area contributed by atoms with Gasteiger partial charge in [-0.3, -0.25) is 9.89 Å². The van der Waals surface area contributed by atoms with E-state index in [4.69, 9.17) is 0 Å². The van der Waals surface area contributed by atoms with E-state index in [1.165, 1.54) is 38.5 Å². The van der Waals surface area contributed by atoms with Crippen LogP contribution in [0.1, 0.15) is 45.4 Å². The zero-order valence-electron chi connectivity index (χ0n) is 16.7. The highest BCUT2D eigenvalue weighted by molar-refractivity contribution is 7.88. The van der Waals surface area contributed by atoms with Gasteiger partial charge in [-0.05, 0) is 44.6 Å². The summed E-state index contributed by atoms with van der Waals surface area (Å²) in [6, 6.07) is 0.737. The molecule has 0 aliphatic carbocycles. The molecule has 2 saturated heterocycles. The summed E-state index contributed by atoms with van der Waals surface area (Å²) in [5.41, 5.74) is 0. The van der Waals surface area contributed by atoms with Crippen molar-refractivity contribution in [2.24, 2.45) is 10.9 Å². The van der Waals surface area contributed by atoms with Gasteiger partial charge in [-0.1, -0.05) is 13.3 Å².